The van der Waals surface area contributed by atoms with Gasteiger partial charge in [-0.1, -0.05) is 0 Å². The van der Waals surface area contributed by atoms with Crippen molar-refractivity contribution in [1.29, 1.82) is 0 Å². The minimum absolute atomic E-state index is 0.00984. The molecule has 1 fully saturated rings. The molecule has 1 atom stereocenters. The van der Waals surface area contributed by atoms with Crippen LogP contribution in [-0.4, -0.2) is 44.9 Å². The Morgan fingerprint density at radius 2 is 2.26 bits per heavy atom. The monoisotopic (exact) mass is 287 g/mol. The van der Waals surface area contributed by atoms with Gasteiger partial charge >= 0.3 is 0 Å². The van der Waals surface area contributed by atoms with E-state index >= 15 is 0 Å². The van der Waals surface area contributed by atoms with E-state index in [4.69, 9.17) is 9.56 Å². The molecular weight excluding hydrogens is 270 g/mol. The molecule has 3 N–H and O–H groups in total. The van der Waals surface area contributed by atoms with Crippen molar-refractivity contribution >= 4 is 15.9 Å². The second-order valence-electron chi connectivity index (χ2n) is 4.68. The Morgan fingerprint density at radius 3 is 2.79 bits per heavy atom. The summed E-state index contributed by atoms with van der Waals surface area (Å²) in [5.74, 6) is -0.170. The van der Waals surface area contributed by atoms with Crippen molar-refractivity contribution < 1.29 is 17.6 Å². The van der Waals surface area contributed by atoms with Crippen LogP contribution in [0.2, 0.25) is 0 Å². The molecule has 8 heteroatoms. The van der Waals surface area contributed by atoms with E-state index in [1.165, 1.54) is 13.0 Å². The molecule has 0 saturated carbocycles. The number of furan rings is 1. The third-order valence-corrected chi connectivity index (χ3v) is 4.06. The normalized spacial score (nSPS) is 20.6. The number of amides is 1. The van der Waals surface area contributed by atoms with Crippen LogP contribution in [0.25, 0.3) is 0 Å². The maximum Gasteiger partial charge on any atom is 0.289 e. The lowest BCUT2D eigenvalue weighted by molar-refractivity contribution is 0.0675. The van der Waals surface area contributed by atoms with Crippen LogP contribution in [-0.2, 0) is 10.0 Å². The van der Waals surface area contributed by atoms with Gasteiger partial charge in [-0.2, -0.15) is 0 Å². The molecule has 19 heavy (non-hydrogen) atoms. The van der Waals surface area contributed by atoms with Crippen LogP contribution in [0.5, 0.6) is 0 Å². The molecule has 0 unspecified atom stereocenters. The number of piperazine rings is 1. The largest absolute Gasteiger partial charge is 0.455 e. The summed E-state index contributed by atoms with van der Waals surface area (Å²) < 4.78 is 27.8. The number of hydrogen-bond acceptors (Lipinski definition) is 5. The molecule has 1 amide bonds. The molecule has 7 nitrogen and oxygen atoms in total. The lowest BCUT2D eigenvalue weighted by Gasteiger charge is -2.31. The van der Waals surface area contributed by atoms with Gasteiger partial charge in [0.1, 0.15) is 10.7 Å². The van der Waals surface area contributed by atoms with Crippen molar-refractivity contribution in [2.75, 3.05) is 19.6 Å². The second kappa shape index (κ2) is 4.95. The summed E-state index contributed by atoms with van der Waals surface area (Å²) in [6, 6.07) is 1.39. The molecule has 106 valence electrons. The molecule has 1 aliphatic heterocycles. The minimum atomic E-state index is -3.86. The third kappa shape index (κ3) is 2.96. The molecule has 0 aliphatic carbocycles. The van der Waals surface area contributed by atoms with E-state index in [9.17, 15) is 13.2 Å². The van der Waals surface area contributed by atoms with Crippen LogP contribution in [0, 0.1) is 6.92 Å². The van der Waals surface area contributed by atoms with Crippen molar-refractivity contribution in [3.05, 3.63) is 17.6 Å². The Labute approximate surface area is 111 Å². The van der Waals surface area contributed by atoms with Crippen molar-refractivity contribution in [1.82, 2.24) is 10.2 Å². The fourth-order valence-corrected chi connectivity index (χ4v) is 2.84. The number of nitrogens with two attached hydrogens (primary N) is 1. The summed E-state index contributed by atoms with van der Waals surface area (Å²) in [6.45, 7) is 5.27. The zero-order valence-electron chi connectivity index (χ0n) is 10.8. The highest BCUT2D eigenvalue weighted by Gasteiger charge is 2.27. The van der Waals surface area contributed by atoms with E-state index in [1.54, 1.807) is 4.90 Å². The number of sulfonamides is 1. The third-order valence-electron chi connectivity index (χ3n) is 3.05. The minimum Gasteiger partial charge on any atom is -0.455 e. The fourth-order valence-electron chi connectivity index (χ4n) is 2.13. The van der Waals surface area contributed by atoms with Gasteiger partial charge in [0.25, 0.3) is 5.91 Å². The number of carbonyl (C=O) groups excluding carboxylic acids is 1. The van der Waals surface area contributed by atoms with Gasteiger partial charge in [-0.05, 0) is 13.8 Å². The Morgan fingerprint density at radius 1 is 1.58 bits per heavy atom. The summed E-state index contributed by atoms with van der Waals surface area (Å²) in [4.78, 5) is 13.7. The Hall–Kier alpha value is -1.38. The van der Waals surface area contributed by atoms with Crippen molar-refractivity contribution in [3.63, 3.8) is 0 Å². The van der Waals surface area contributed by atoms with E-state index in [2.05, 4.69) is 5.32 Å². The first kappa shape index (κ1) is 14.0. The molecule has 0 aromatic carbocycles. The number of primary sulfonamides is 1. The topological polar surface area (TPSA) is 106 Å². The van der Waals surface area contributed by atoms with Crippen molar-refractivity contribution in [3.8, 4) is 0 Å². The number of nitrogens with zero attached hydrogens (tertiary/aromatic N) is 1. The Balaban J connectivity index is 2.25. The average Bonchev–Trinajstić information content (AvgIpc) is 2.70. The first-order valence-corrected chi connectivity index (χ1v) is 7.49. The van der Waals surface area contributed by atoms with E-state index in [0.29, 0.717) is 19.6 Å². The van der Waals surface area contributed by atoms with Crippen LogP contribution >= 0.6 is 0 Å². The molecule has 0 radical (unpaired) electrons. The maximum absolute atomic E-state index is 12.2. The van der Waals surface area contributed by atoms with Gasteiger partial charge in [-0.15, -0.1) is 0 Å². The maximum atomic E-state index is 12.2. The molecule has 1 aliphatic rings. The lowest BCUT2D eigenvalue weighted by Crippen LogP contribution is -2.51. The van der Waals surface area contributed by atoms with Crippen LogP contribution in [0.1, 0.15) is 23.2 Å². The first-order chi connectivity index (χ1) is 8.79. The number of nitrogens with one attached hydrogen (secondary N) is 1. The Bertz CT molecular complexity index is 593. The molecular formula is C11H17N3O4S. The number of carbonyl (C=O) groups is 1. The highest BCUT2D eigenvalue weighted by molar-refractivity contribution is 7.89. The average molecular weight is 287 g/mol. The van der Waals surface area contributed by atoms with E-state index in [1.807, 2.05) is 6.92 Å². The zero-order valence-corrected chi connectivity index (χ0v) is 11.7. The summed E-state index contributed by atoms with van der Waals surface area (Å²) in [7, 11) is -3.86. The summed E-state index contributed by atoms with van der Waals surface area (Å²) >= 11 is 0. The van der Waals surface area contributed by atoms with Gasteiger partial charge in [0.15, 0.2) is 5.76 Å². The van der Waals surface area contributed by atoms with Gasteiger partial charge in [0.05, 0.1) is 0 Å². The predicted octanol–water partition coefficient (Wildman–Crippen LogP) is -0.331. The van der Waals surface area contributed by atoms with E-state index in [0.717, 1.165) is 0 Å². The van der Waals surface area contributed by atoms with Crippen LogP contribution in [0.15, 0.2) is 15.4 Å². The molecule has 2 rings (SSSR count). The molecule has 0 spiro atoms. The van der Waals surface area contributed by atoms with Gasteiger partial charge < -0.3 is 14.6 Å². The molecule has 1 aromatic heterocycles. The van der Waals surface area contributed by atoms with Crippen LogP contribution in [0.4, 0.5) is 0 Å². The molecule has 1 saturated heterocycles. The summed E-state index contributed by atoms with van der Waals surface area (Å²) in [6.07, 6.45) is 0. The van der Waals surface area contributed by atoms with Crippen molar-refractivity contribution in [2.24, 2.45) is 5.14 Å². The highest BCUT2D eigenvalue weighted by atomic mass is 32.2. The smallest absolute Gasteiger partial charge is 0.289 e. The van der Waals surface area contributed by atoms with E-state index in [-0.39, 0.29) is 28.4 Å². The SMILES string of the molecule is Cc1oc(C(=O)N2CCN[C@@H](C)C2)cc1S(N)(=O)=O. The highest BCUT2D eigenvalue weighted by Crippen LogP contribution is 2.20. The zero-order chi connectivity index (χ0) is 14.2. The quantitative estimate of drug-likeness (QED) is 0.774. The van der Waals surface area contributed by atoms with Gasteiger partial charge in [-0.3, -0.25) is 4.79 Å². The predicted molar refractivity (Wildman–Crippen MR) is 68.2 cm³/mol. The number of rotatable bonds is 2. The summed E-state index contributed by atoms with van der Waals surface area (Å²) in [5.41, 5.74) is 0. The molecule has 2 heterocycles. The second-order valence-corrected chi connectivity index (χ2v) is 6.21. The first-order valence-electron chi connectivity index (χ1n) is 5.95. The Kier molecular flexibility index (Phi) is 3.66. The number of hydrogen-bond donors (Lipinski definition) is 2. The van der Waals surface area contributed by atoms with Crippen LogP contribution in [0.3, 0.4) is 0 Å². The molecule has 0 bridgehead atoms. The number of aryl methyl sites for hydroxylation is 1. The van der Waals surface area contributed by atoms with Crippen molar-refractivity contribution in [2.45, 2.75) is 24.8 Å². The summed E-state index contributed by atoms with van der Waals surface area (Å²) in [5, 5.41) is 8.27. The van der Waals surface area contributed by atoms with Gasteiger partial charge in [0.2, 0.25) is 10.0 Å². The lowest BCUT2D eigenvalue weighted by atomic mass is 10.2. The van der Waals surface area contributed by atoms with E-state index < -0.39 is 10.0 Å². The van der Waals surface area contributed by atoms with Crippen LogP contribution < -0.4 is 10.5 Å². The molecule has 1 aromatic rings. The van der Waals surface area contributed by atoms with Gasteiger partial charge in [0, 0.05) is 31.7 Å². The standard InChI is InChI=1S/C11H17N3O4S/c1-7-6-14(4-3-13-7)11(15)9-5-10(8(2)18-9)19(12,16)17/h5,7,13H,3-4,6H2,1-2H3,(H2,12,16,17)/t7-/m0/s1. The van der Waals surface area contributed by atoms with Gasteiger partial charge in [-0.25, -0.2) is 13.6 Å². The fraction of sp³-hybridized carbons (Fsp3) is 0.545.